The van der Waals surface area contributed by atoms with Crippen molar-refractivity contribution in [1.29, 1.82) is 0 Å². The zero-order valence-corrected chi connectivity index (χ0v) is 13.2. The number of benzene rings is 1. The molecule has 1 aliphatic rings. The summed E-state index contributed by atoms with van der Waals surface area (Å²) in [4.78, 5) is 11.6. The van der Waals surface area contributed by atoms with Crippen molar-refractivity contribution in [3.8, 4) is 11.5 Å². The predicted octanol–water partition coefficient (Wildman–Crippen LogP) is 4.65. The Bertz CT molecular complexity index is 761. The predicted molar refractivity (Wildman–Crippen MR) is 70.3 cm³/mol. The highest BCUT2D eigenvalue weighted by molar-refractivity contribution is 5.92. The topological polar surface area (TPSA) is 59.6 Å². The summed E-state index contributed by atoms with van der Waals surface area (Å²) in [7, 11) is 0. The highest BCUT2D eigenvalue weighted by Gasteiger charge is 2.69. The van der Waals surface area contributed by atoms with Crippen LogP contribution in [0.3, 0.4) is 0 Å². The van der Waals surface area contributed by atoms with Gasteiger partial charge in [0.25, 0.3) is 0 Å². The zero-order valence-electron chi connectivity index (χ0n) is 13.2. The molecule has 0 bridgehead atoms. The number of halogens is 10. The molecule has 0 fully saturated rings. The molecule has 0 unspecified atom stereocenters. The van der Waals surface area contributed by atoms with E-state index in [0.717, 1.165) is 6.07 Å². The van der Waals surface area contributed by atoms with Crippen LogP contribution in [0.5, 0.6) is 11.5 Å². The van der Waals surface area contributed by atoms with Crippen LogP contribution >= 0.6 is 0 Å². The molecule has 158 valence electrons. The van der Waals surface area contributed by atoms with Crippen molar-refractivity contribution in [2.75, 3.05) is 5.32 Å². The number of carbonyl (C=O) groups excluding carboxylic acids is 1. The highest BCUT2D eigenvalue weighted by Crippen LogP contribution is 2.50. The van der Waals surface area contributed by atoms with E-state index in [1.165, 1.54) is 5.32 Å². The van der Waals surface area contributed by atoms with Gasteiger partial charge in [-0.15, -0.1) is 0 Å². The van der Waals surface area contributed by atoms with E-state index in [-0.39, 0.29) is 6.92 Å². The first-order valence-electron chi connectivity index (χ1n) is 6.90. The van der Waals surface area contributed by atoms with Gasteiger partial charge < -0.3 is 20.1 Å². The summed E-state index contributed by atoms with van der Waals surface area (Å²) in [5.74, 6) is -2.27. The molecule has 0 saturated carbocycles. The quantitative estimate of drug-likeness (QED) is 0.672. The number of rotatable bonds is 2. The second-order valence-electron chi connectivity index (χ2n) is 5.57. The van der Waals surface area contributed by atoms with Gasteiger partial charge in [0.15, 0.2) is 11.5 Å². The Morgan fingerprint density at radius 3 is 1.93 bits per heavy atom. The van der Waals surface area contributed by atoms with Crippen molar-refractivity contribution in [1.82, 2.24) is 5.32 Å². The maximum Gasteiger partial charge on any atom is 0.507 e. The number of amides is 2. The maximum atomic E-state index is 13.2. The van der Waals surface area contributed by atoms with Crippen molar-refractivity contribution in [2.24, 2.45) is 0 Å². The summed E-state index contributed by atoms with van der Waals surface area (Å²) >= 11 is 0. The first-order chi connectivity index (χ1) is 12.4. The molecule has 0 radical (unpaired) electrons. The standard InChI is InChI=1S/C13H8F10N2O3/c1-9(10(14,15)16,11(17,18)19)25-8(26)24-5-3-2-4-6-7(5)28-13(22,23)12(20,21)27-6/h2-4H,1H3,(H2,24,25,26). The monoisotopic (exact) mass is 430 g/mol. The first-order valence-corrected chi connectivity index (χ1v) is 6.90. The maximum absolute atomic E-state index is 13.2. The molecule has 5 nitrogen and oxygen atoms in total. The van der Waals surface area contributed by atoms with Gasteiger partial charge in [-0.25, -0.2) is 4.79 Å². The van der Waals surface area contributed by atoms with Gasteiger partial charge in [-0.1, -0.05) is 6.07 Å². The van der Waals surface area contributed by atoms with Crippen molar-refractivity contribution >= 4 is 11.7 Å². The van der Waals surface area contributed by atoms with Crippen molar-refractivity contribution in [3.05, 3.63) is 18.2 Å². The number of fused-ring (bicyclic) bond motifs is 1. The lowest BCUT2D eigenvalue weighted by Gasteiger charge is -2.35. The number of hydrogen-bond donors (Lipinski definition) is 2. The van der Waals surface area contributed by atoms with Crippen LogP contribution < -0.4 is 20.1 Å². The molecule has 0 aromatic heterocycles. The number of anilines is 1. The molecule has 15 heteroatoms. The van der Waals surface area contributed by atoms with Crippen LogP contribution in [0.4, 0.5) is 54.4 Å². The fourth-order valence-electron chi connectivity index (χ4n) is 1.87. The number of urea groups is 1. The van der Waals surface area contributed by atoms with Gasteiger partial charge in [-0.2, -0.15) is 43.9 Å². The molecular weight excluding hydrogens is 422 g/mol. The van der Waals surface area contributed by atoms with E-state index in [2.05, 4.69) is 9.47 Å². The Morgan fingerprint density at radius 1 is 0.929 bits per heavy atom. The number of carbonyl (C=O) groups is 1. The third-order valence-corrected chi connectivity index (χ3v) is 3.53. The minimum Gasteiger partial charge on any atom is -0.421 e. The molecule has 2 N–H and O–H groups in total. The largest absolute Gasteiger partial charge is 0.507 e. The lowest BCUT2D eigenvalue weighted by molar-refractivity contribution is -0.391. The Kier molecular flexibility index (Phi) is 4.80. The summed E-state index contributed by atoms with van der Waals surface area (Å²) in [6.07, 6.45) is -22.3. The fraction of sp³-hybridized carbons (Fsp3) is 0.462. The Labute approximate surface area is 148 Å². The number of nitrogens with one attached hydrogen (secondary N) is 2. The van der Waals surface area contributed by atoms with Gasteiger partial charge in [-0.05, 0) is 19.1 Å². The van der Waals surface area contributed by atoms with E-state index < -0.39 is 53.3 Å². The van der Waals surface area contributed by atoms with Crippen LogP contribution in [-0.2, 0) is 0 Å². The van der Waals surface area contributed by atoms with Crippen LogP contribution in [-0.4, -0.2) is 36.1 Å². The molecule has 1 aliphatic heterocycles. The summed E-state index contributed by atoms with van der Waals surface area (Å²) in [5, 5.41) is 2.04. The number of ether oxygens (including phenoxy) is 2. The second-order valence-corrected chi connectivity index (χ2v) is 5.57. The lowest BCUT2D eigenvalue weighted by atomic mass is 10.0. The number of alkyl halides is 10. The molecule has 1 aromatic rings. The van der Waals surface area contributed by atoms with Gasteiger partial charge in [-0.3, -0.25) is 0 Å². The van der Waals surface area contributed by atoms with Gasteiger partial charge in [0.05, 0.1) is 5.69 Å². The van der Waals surface area contributed by atoms with Crippen molar-refractivity contribution in [2.45, 2.75) is 37.0 Å². The van der Waals surface area contributed by atoms with Gasteiger partial charge in [0, 0.05) is 0 Å². The van der Waals surface area contributed by atoms with E-state index in [9.17, 15) is 48.7 Å². The van der Waals surface area contributed by atoms with E-state index >= 15 is 0 Å². The van der Waals surface area contributed by atoms with Crippen LogP contribution in [0.1, 0.15) is 6.92 Å². The molecule has 1 aromatic carbocycles. The van der Waals surface area contributed by atoms with Crippen LogP contribution in [0.15, 0.2) is 18.2 Å². The molecule has 0 spiro atoms. The molecule has 0 aliphatic carbocycles. The van der Waals surface area contributed by atoms with Crippen LogP contribution in [0.25, 0.3) is 0 Å². The molecule has 1 heterocycles. The first kappa shape index (κ1) is 21.7. The van der Waals surface area contributed by atoms with Gasteiger partial charge in [0.2, 0.25) is 5.54 Å². The van der Waals surface area contributed by atoms with Crippen LogP contribution in [0, 0.1) is 0 Å². The summed E-state index contributed by atoms with van der Waals surface area (Å²) in [5.41, 5.74) is -5.65. The Hall–Kier alpha value is -2.61. The van der Waals surface area contributed by atoms with Crippen molar-refractivity contribution in [3.63, 3.8) is 0 Å². The van der Waals surface area contributed by atoms with Gasteiger partial charge >= 0.3 is 30.6 Å². The van der Waals surface area contributed by atoms with Crippen molar-refractivity contribution < 1.29 is 58.2 Å². The third-order valence-electron chi connectivity index (χ3n) is 3.53. The smallest absolute Gasteiger partial charge is 0.421 e. The van der Waals surface area contributed by atoms with Gasteiger partial charge in [0.1, 0.15) is 0 Å². The average molecular weight is 430 g/mol. The number of hydrogen-bond acceptors (Lipinski definition) is 3. The SMILES string of the molecule is CC(NC(=O)Nc1cccc2c1OC(F)(F)C(F)(F)O2)(C(F)(F)F)C(F)(F)F. The minimum absolute atomic E-state index is 0.374. The second kappa shape index (κ2) is 6.20. The summed E-state index contributed by atoms with van der Waals surface area (Å²) in [6.45, 7) is -0.374. The molecule has 28 heavy (non-hydrogen) atoms. The van der Waals surface area contributed by atoms with E-state index in [4.69, 9.17) is 0 Å². The summed E-state index contributed by atoms with van der Waals surface area (Å²) in [6, 6.07) is 0.0934. The average Bonchev–Trinajstić information content (AvgIpc) is 2.46. The molecular formula is C13H8F10N2O3. The minimum atomic E-state index is -5.98. The molecule has 2 amide bonds. The lowest BCUT2D eigenvalue weighted by Crippen LogP contribution is -2.66. The van der Waals surface area contributed by atoms with E-state index in [0.29, 0.717) is 17.4 Å². The molecule has 0 atom stereocenters. The van der Waals surface area contributed by atoms with Crippen LogP contribution in [0.2, 0.25) is 0 Å². The normalized spacial score (nSPS) is 18.4. The third kappa shape index (κ3) is 3.56. The Balaban J connectivity index is 2.32. The van der Waals surface area contributed by atoms with E-state index in [1.54, 1.807) is 0 Å². The van der Waals surface area contributed by atoms with E-state index in [1.807, 2.05) is 0 Å². The molecule has 0 saturated heterocycles. The zero-order chi connectivity index (χ0) is 21.8. The Morgan fingerprint density at radius 2 is 1.43 bits per heavy atom. The molecule has 2 rings (SSSR count). The fourth-order valence-corrected chi connectivity index (χ4v) is 1.87. The highest BCUT2D eigenvalue weighted by atomic mass is 19.4. The summed E-state index contributed by atoms with van der Waals surface area (Å²) < 4.78 is 137. The number of para-hydroxylation sites is 1.